The van der Waals surface area contributed by atoms with Crippen molar-refractivity contribution in [2.75, 3.05) is 13.7 Å². The van der Waals surface area contributed by atoms with Crippen LogP contribution in [-0.2, 0) is 23.7 Å². The average Bonchev–Trinajstić information content (AvgIpc) is 3.37. The van der Waals surface area contributed by atoms with Crippen molar-refractivity contribution in [1.29, 1.82) is 0 Å². The van der Waals surface area contributed by atoms with Gasteiger partial charge < -0.3 is 18.9 Å². The maximum Gasteiger partial charge on any atom is 0.305 e. The minimum Gasteiger partial charge on any atom is -0.466 e. The number of epoxide rings is 2. The number of esters is 1. The molecule has 1 spiro atoms. The molecule has 3 aliphatic rings. The second kappa shape index (κ2) is 6.10. The zero-order valence-electron chi connectivity index (χ0n) is 13.9. The Morgan fingerprint density at radius 3 is 2.91 bits per heavy atom. The van der Waals surface area contributed by atoms with Crippen molar-refractivity contribution in [2.45, 2.75) is 88.3 Å². The van der Waals surface area contributed by atoms with E-state index in [9.17, 15) is 4.79 Å². The van der Waals surface area contributed by atoms with Crippen molar-refractivity contribution in [2.24, 2.45) is 0 Å². The number of methoxy groups -OCH3 is 1. The van der Waals surface area contributed by atoms with Gasteiger partial charge in [0, 0.05) is 20.0 Å². The van der Waals surface area contributed by atoms with E-state index in [1.54, 1.807) is 7.11 Å². The van der Waals surface area contributed by atoms with Gasteiger partial charge in [0.25, 0.3) is 0 Å². The minimum atomic E-state index is -0.162. The third-order valence-corrected chi connectivity index (χ3v) is 5.46. The Morgan fingerprint density at radius 2 is 2.18 bits per heavy atom. The van der Waals surface area contributed by atoms with Crippen LogP contribution in [0.4, 0.5) is 0 Å². The third-order valence-electron chi connectivity index (χ3n) is 5.46. The van der Waals surface area contributed by atoms with Gasteiger partial charge >= 0.3 is 5.97 Å². The second-order valence-electron chi connectivity index (χ2n) is 7.00. The molecule has 1 saturated carbocycles. The van der Waals surface area contributed by atoms with Gasteiger partial charge in [-0.1, -0.05) is 0 Å². The number of ether oxygens (including phenoxy) is 4. The van der Waals surface area contributed by atoms with E-state index < -0.39 is 0 Å². The van der Waals surface area contributed by atoms with E-state index >= 15 is 0 Å². The lowest BCUT2D eigenvalue weighted by molar-refractivity contribution is -0.143. The fourth-order valence-corrected chi connectivity index (χ4v) is 4.12. The number of rotatable bonds is 7. The smallest absolute Gasteiger partial charge is 0.305 e. The highest BCUT2D eigenvalue weighted by atomic mass is 16.7. The summed E-state index contributed by atoms with van der Waals surface area (Å²) in [7, 11) is 1.79. The van der Waals surface area contributed by atoms with Gasteiger partial charge in [0.1, 0.15) is 17.3 Å². The highest BCUT2D eigenvalue weighted by Gasteiger charge is 2.73. The molecule has 0 bridgehead atoms. The van der Waals surface area contributed by atoms with Crippen LogP contribution < -0.4 is 0 Å². The Bertz CT molecular complexity index is 425. The summed E-state index contributed by atoms with van der Waals surface area (Å²) in [6.45, 7) is 4.44. The molecule has 3 rings (SSSR count). The lowest BCUT2D eigenvalue weighted by atomic mass is 9.80. The van der Waals surface area contributed by atoms with E-state index in [1.807, 2.05) is 6.92 Å². The lowest BCUT2D eigenvalue weighted by Gasteiger charge is -2.26. The normalized spacial score (nSPS) is 43.1. The monoisotopic (exact) mass is 312 g/mol. The largest absolute Gasteiger partial charge is 0.466 e. The number of hydrogen-bond acceptors (Lipinski definition) is 5. The SMILES string of the molecule is CCOC(=O)CCCC1OC1(C)C1OC12CCCC(OC)C2. The summed E-state index contributed by atoms with van der Waals surface area (Å²) in [5.41, 5.74) is -0.173. The van der Waals surface area contributed by atoms with E-state index in [2.05, 4.69) is 6.92 Å². The van der Waals surface area contributed by atoms with Crippen LogP contribution in [0.15, 0.2) is 0 Å². The van der Waals surface area contributed by atoms with Crippen LogP contribution in [-0.4, -0.2) is 49.2 Å². The first kappa shape index (κ1) is 16.2. The Kier molecular flexibility index (Phi) is 4.49. The zero-order valence-corrected chi connectivity index (χ0v) is 13.9. The molecule has 5 atom stereocenters. The van der Waals surface area contributed by atoms with E-state index in [4.69, 9.17) is 18.9 Å². The van der Waals surface area contributed by atoms with E-state index in [-0.39, 0.29) is 29.4 Å². The quantitative estimate of drug-likeness (QED) is 0.534. The first-order chi connectivity index (χ1) is 10.5. The van der Waals surface area contributed by atoms with Gasteiger partial charge in [0.05, 0.1) is 18.8 Å². The van der Waals surface area contributed by atoms with Gasteiger partial charge in [-0.25, -0.2) is 0 Å². The molecule has 0 aromatic rings. The maximum absolute atomic E-state index is 11.4. The first-order valence-electron chi connectivity index (χ1n) is 8.58. The standard InChI is InChI=1S/C17H28O5/c1-4-20-14(18)9-5-8-13-16(2,21-13)15-17(22-15)10-6-7-12(11-17)19-3/h12-13,15H,4-11H2,1-3H3. The van der Waals surface area contributed by atoms with Gasteiger partial charge in [0.15, 0.2) is 0 Å². The Balaban J connectivity index is 1.44. The Labute approximate surface area is 132 Å². The van der Waals surface area contributed by atoms with Crippen molar-refractivity contribution in [3.8, 4) is 0 Å². The molecule has 0 radical (unpaired) electrons. The predicted molar refractivity (Wildman–Crippen MR) is 80.6 cm³/mol. The van der Waals surface area contributed by atoms with E-state index in [0.717, 1.165) is 32.1 Å². The van der Waals surface area contributed by atoms with Gasteiger partial charge in [-0.15, -0.1) is 0 Å². The van der Waals surface area contributed by atoms with Gasteiger partial charge in [-0.2, -0.15) is 0 Å². The summed E-state index contributed by atoms with van der Waals surface area (Å²) >= 11 is 0. The summed E-state index contributed by atoms with van der Waals surface area (Å²) < 4.78 is 22.5. The lowest BCUT2D eigenvalue weighted by Crippen LogP contribution is -2.34. The molecule has 1 aliphatic carbocycles. The van der Waals surface area contributed by atoms with Crippen LogP contribution in [0.2, 0.25) is 0 Å². The molecular weight excluding hydrogens is 284 g/mol. The maximum atomic E-state index is 11.4. The topological polar surface area (TPSA) is 60.6 Å². The Hall–Kier alpha value is -0.650. The van der Waals surface area contributed by atoms with Crippen molar-refractivity contribution in [3.63, 3.8) is 0 Å². The summed E-state index contributed by atoms with van der Waals surface area (Å²) in [5.74, 6) is -0.112. The van der Waals surface area contributed by atoms with E-state index in [0.29, 0.717) is 19.1 Å². The highest BCUT2D eigenvalue weighted by Crippen LogP contribution is 2.60. The Morgan fingerprint density at radius 1 is 1.36 bits per heavy atom. The predicted octanol–water partition coefficient (Wildman–Crippen LogP) is 2.60. The van der Waals surface area contributed by atoms with Gasteiger partial charge in [-0.05, 0) is 46.0 Å². The van der Waals surface area contributed by atoms with Crippen LogP contribution in [0, 0.1) is 0 Å². The van der Waals surface area contributed by atoms with Crippen LogP contribution in [0.5, 0.6) is 0 Å². The van der Waals surface area contributed by atoms with Crippen molar-refractivity contribution in [1.82, 2.24) is 0 Å². The summed E-state index contributed by atoms with van der Waals surface area (Å²) in [4.78, 5) is 11.4. The molecular formula is C17H28O5. The zero-order chi connectivity index (χ0) is 15.8. The molecule has 0 aromatic carbocycles. The second-order valence-corrected chi connectivity index (χ2v) is 7.00. The number of carbonyl (C=O) groups is 1. The molecule has 3 fully saturated rings. The van der Waals surface area contributed by atoms with Crippen molar-refractivity contribution >= 4 is 5.97 Å². The molecule has 126 valence electrons. The number of hydrogen-bond donors (Lipinski definition) is 0. The van der Waals surface area contributed by atoms with Crippen LogP contribution in [0.3, 0.4) is 0 Å². The molecule has 0 N–H and O–H groups in total. The third kappa shape index (κ3) is 3.03. The molecule has 5 nitrogen and oxygen atoms in total. The van der Waals surface area contributed by atoms with Crippen molar-refractivity contribution in [3.05, 3.63) is 0 Å². The average molecular weight is 312 g/mol. The van der Waals surface area contributed by atoms with Gasteiger partial charge in [-0.3, -0.25) is 4.79 Å². The van der Waals surface area contributed by atoms with Crippen molar-refractivity contribution < 1.29 is 23.7 Å². The number of carbonyl (C=O) groups excluding carboxylic acids is 1. The highest BCUT2D eigenvalue weighted by molar-refractivity contribution is 5.69. The summed E-state index contributed by atoms with van der Waals surface area (Å²) in [6, 6.07) is 0. The van der Waals surface area contributed by atoms with Gasteiger partial charge in [0.2, 0.25) is 0 Å². The molecule has 22 heavy (non-hydrogen) atoms. The molecule has 0 aromatic heterocycles. The molecule has 2 saturated heterocycles. The molecule has 0 amide bonds. The molecule has 2 aliphatic heterocycles. The van der Waals surface area contributed by atoms with Crippen LogP contribution in [0.25, 0.3) is 0 Å². The summed E-state index contributed by atoms with van der Waals surface area (Å²) in [6.07, 6.45) is 7.34. The fourth-order valence-electron chi connectivity index (χ4n) is 4.12. The fraction of sp³-hybridized carbons (Fsp3) is 0.941. The molecule has 5 unspecified atom stereocenters. The minimum absolute atomic E-state index is 0.0103. The molecule has 5 heteroatoms. The first-order valence-corrected chi connectivity index (χ1v) is 8.58. The van der Waals surface area contributed by atoms with E-state index in [1.165, 1.54) is 6.42 Å². The summed E-state index contributed by atoms with van der Waals surface area (Å²) in [5, 5.41) is 0. The van der Waals surface area contributed by atoms with Crippen LogP contribution in [0.1, 0.15) is 58.8 Å². The molecule has 2 heterocycles. The van der Waals surface area contributed by atoms with Crippen LogP contribution >= 0.6 is 0 Å².